The lowest BCUT2D eigenvalue weighted by molar-refractivity contribution is -0.123. The summed E-state index contributed by atoms with van der Waals surface area (Å²) in [4.78, 5) is 44.5. The smallest absolute Gasteiger partial charge is 0.232 e. The summed E-state index contributed by atoms with van der Waals surface area (Å²) < 4.78 is 0. The van der Waals surface area contributed by atoms with Crippen LogP contribution in [0.15, 0.2) is 36.4 Å². The summed E-state index contributed by atoms with van der Waals surface area (Å²) in [6.45, 7) is 5.74. The van der Waals surface area contributed by atoms with E-state index in [-0.39, 0.29) is 53.9 Å². The standard InChI is InChI=1S/C42H60N6O12/c1-25-10-28(37(55)34(13-25)43-40(58)31(19-49)20-50)16-46-4-6-47(17-29-11-26(2)14-35(38(29)56)44-41(59)32(21-51)22-52)8-9-48(7-5-46)18-30-12-27(3)15-36(39(30)57)45-42(60)33(23-53)24-54/h10-15,31-33,49-57H,4-9,16-24H2,1-3H3,(H,43,58)(H,44,59)(H,45,60). The zero-order chi connectivity index (χ0) is 44.1. The monoisotopic (exact) mass is 840 g/mol. The van der Waals surface area contributed by atoms with Gasteiger partial charge in [0.15, 0.2) is 0 Å². The largest absolute Gasteiger partial charge is 0.505 e. The maximum Gasteiger partial charge on any atom is 0.232 e. The SMILES string of the molecule is Cc1cc(CN2CCN(Cc3cc(C)cc(NC(=O)C(CO)CO)c3O)CCN(Cc3cc(C)cc(NC(=O)C(CO)CO)c3O)CC2)c(O)c(NC(=O)C(CO)CO)c1. The quantitative estimate of drug-likeness (QED) is 0.0761. The van der Waals surface area contributed by atoms with E-state index >= 15 is 0 Å². The van der Waals surface area contributed by atoms with E-state index in [0.29, 0.717) is 56.0 Å². The Kier molecular flexibility index (Phi) is 18.0. The molecule has 60 heavy (non-hydrogen) atoms. The number of carbonyl (C=O) groups is 3. The Morgan fingerprint density at radius 2 is 0.667 bits per heavy atom. The van der Waals surface area contributed by atoms with Gasteiger partial charge in [-0.2, -0.15) is 0 Å². The first-order chi connectivity index (χ1) is 28.6. The van der Waals surface area contributed by atoms with Crippen LogP contribution in [0.5, 0.6) is 17.2 Å². The Morgan fingerprint density at radius 3 is 0.867 bits per heavy atom. The average Bonchev–Trinajstić information content (AvgIpc) is 3.29. The van der Waals surface area contributed by atoms with Gasteiger partial charge in [0, 0.05) is 75.6 Å². The number of hydrogen-bond acceptors (Lipinski definition) is 15. The molecule has 3 amide bonds. The summed E-state index contributed by atoms with van der Waals surface area (Å²) in [6.07, 6.45) is 0. The summed E-state index contributed by atoms with van der Waals surface area (Å²) in [5.41, 5.74) is 4.23. The Bertz CT molecular complexity index is 1710. The van der Waals surface area contributed by atoms with Crippen LogP contribution in [0.4, 0.5) is 17.1 Å². The molecule has 18 nitrogen and oxygen atoms in total. The minimum absolute atomic E-state index is 0.138. The van der Waals surface area contributed by atoms with Gasteiger partial charge in [-0.1, -0.05) is 18.2 Å². The highest BCUT2D eigenvalue weighted by molar-refractivity contribution is 5.96. The van der Waals surface area contributed by atoms with Gasteiger partial charge in [-0.25, -0.2) is 0 Å². The van der Waals surface area contributed by atoms with Crippen LogP contribution >= 0.6 is 0 Å². The van der Waals surface area contributed by atoms with Gasteiger partial charge in [0.2, 0.25) is 17.7 Å². The Hall–Kier alpha value is -4.89. The van der Waals surface area contributed by atoms with Crippen LogP contribution in [-0.2, 0) is 34.0 Å². The normalized spacial score (nSPS) is 14.6. The van der Waals surface area contributed by atoms with Crippen molar-refractivity contribution in [2.45, 2.75) is 40.4 Å². The van der Waals surface area contributed by atoms with Crippen LogP contribution in [0, 0.1) is 38.5 Å². The predicted octanol–water partition coefficient (Wildman–Crippen LogP) is 0.167. The molecule has 0 aromatic heterocycles. The van der Waals surface area contributed by atoms with Gasteiger partial charge in [0.1, 0.15) is 17.2 Å². The van der Waals surface area contributed by atoms with Gasteiger partial charge in [0.05, 0.1) is 74.5 Å². The number of phenolic OH excluding ortho intramolecular Hbond substituents is 3. The molecule has 1 heterocycles. The van der Waals surface area contributed by atoms with Crippen molar-refractivity contribution in [2.75, 3.05) is 94.9 Å². The Morgan fingerprint density at radius 1 is 0.450 bits per heavy atom. The summed E-state index contributed by atoms with van der Waals surface area (Å²) in [7, 11) is 0. The highest BCUT2D eigenvalue weighted by atomic mass is 16.3. The summed E-state index contributed by atoms with van der Waals surface area (Å²) in [6, 6.07) is 10.2. The predicted molar refractivity (Wildman–Crippen MR) is 223 cm³/mol. The molecule has 3 aromatic rings. The molecule has 0 radical (unpaired) electrons. The van der Waals surface area contributed by atoms with Crippen molar-refractivity contribution in [1.82, 2.24) is 14.7 Å². The third-order valence-corrected chi connectivity index (χ3v) is 10.6. The highest BCUT2D eigenvalue weighted by Gasteiger charge is 2.25. The van der Waals surface area contributed by atoms with Crippen LogP contribution < -0.4 is 16.0 Å². The van der Waals surface area contributed by atoms with Crippen LogP contribution in [0.25, 0.3) is 0 Å². The van der Waals surface area contributed by atoms with E-state index in [4.69, 9.17) is 0 Å². The van der Waals surface area contributed by atoms with Crippen LogP contribution in [0.3, 0.4) is 0 Å². The van der Waals surface area contributed by atoms with E-state index in [1.807, 2.05) is 20.8 Å². The highest BCUT2D eigenvalue weighted by Crippen LogP contribution is 2.34. The third kappa shape index (κ3) is 12.8. The van der Waals surface area contributed by atoms with E-state index in [0.717, 1.165) is 16.7 Å². The van der Waals surface area contributed by atoms with Gasteiger partial charge >= 0.3 is 0 Å². The molecule has 1 aliphatic rings. The lowest BCUT2D eigenvalue weighted by atomic mass is 10.1. The van der Waals surface area contributed by atoms with Gasteiger partial charge in [-0.15, -0.1) is 0 Å². The number of aryl methyl sites for hydroxylation is 3. The van der Waals surface area contributed by atoms with E-state index in [1.165, 1.54) is 0 Å². The molecule has 12 N–H and O–H groups in total. The molecule has 1 saturated heterocycles. The second kappa shape index (κ2) is 22.6. The maximum absolute atomic E-state index is 12.7. The second-order valence-electron chi connectivity index (χ2n) is 15.4. The van der Waals surface area contributed by atoms with E-state index in [2.05, 4.69) is 30.7 Å². The Labute approximate surface area is 349 Å². The average molecular weight is 841 g/mol. The number of benzene rings is 3. The summed E-state index contributed by atoms with van der Waals surface area (Å²) in [5, 5.41) is 99.0. The van der Waals surface area contributed by atoms with Gasteiger partial charge in [0.25, 0.3) is 0 Å². The number of carbonyl (C=O) groups excluding carboxylic acids is 3. The van der Waals surface area contributed by atoms with Gasteiger partial charge in [-0.05, 0) is 55.7 Å². The number of nitrogens with zero attached hydrogens (tertiary/aromatic N) is 3. The van der Waals surface area contributed by atoms with Crippen molar-refractivity contribution in [3.05, 3.63) is 69.8 Å². The number of anilines is 3. The zero-order valence-electron chi connectivity index (χ0n) is 34.4. The minimum atomic E-state index is -1.07. The number of amides is 3. The number of aliphatic hydroxyl groups excluding tert-OH is 6. The molecular formula is C42H60N6O12. The minimum Gasteiger partial charge on any atom is -0.505 e. The molecule has 0 saturated carbocycles. The first kappa shape index (κ1) is 47.8. The van der Waals surface area contributed by atoms with Gasteiger partial charge < -0.3 is 61.9 Å². The van der Waals surface area contributed by atoms with Crippen molar-refractivity contribution in [1.29, 1.82) is 0 Å². The summed E-state index contributed by atoms with van der Waals surface area (Å²) in [5.74, 6) is -5.63. The van der Waals surface area contributed by atoms with Crippen LogP contribution in [0.1, 0.15) is 33.4 Å². The zero-order valence-corrected chi connectivity index (χ0v) is 34.4. The number of rotatable bonds is 18. The number of hydrogen-bond donors (Lipinski definition) is 12. The molecule has 4 rings (SSSR count). The molecular weight excluding hydrogens is 780 g/mol. The van der Waals surface area contributed by atoms with Crippen molar-refractivity contribution in [2.24, 2.45) is 17.8 Å². The van der Waals surface area contributed by atoms with Crippen molar-refractivity contribution in [3.8, 4) is 17.2 Å². The lowest BCUT2D eigenvalue weighted by Crippen LogP contribution is -2.35. The van der Waals surface area contributed by atoms with E-state index < -0.39 is 75.1 Å². The molecule has 0 spiro atoms. The lowest BCUT2D eigenvalue weighted by Gasteiger charge is -2.27. The molecule has 0 atom stereocenters. The molecule has 0 unspecified atom stereocenters. The number of phenols is 3. The molecule has 0 bridgehead atoms. The number of aromatic hydroxyl groups is 3. The molecule has 0 aliphatic carbocycles. The molecule has 3 aromatic carbocycles. The van der Waals surface area contributed by atoms with Crippen molar-refractivity contribution in [3.63, 3.8) is 0 Å². The summed E-state index contributed by atoms with van der Waals surface area (Å²) >= 11 is 0. The number of nitrogens with one attached hydrogen (secondary N) is 3. The van der Waals surface area contributed by atoms with E-state index in [9.17, 15) is 60.3 Å². The van der Waals surface area contributed by atoms with Crippen molar-refractivity contribution >= 4 is 34.8 Å². The fourth-order valence-electron chi connectivity index (χ4n) is 6.97. The number of aliphatic hydroxyl groups is 6. The molecule has 1 aliphatic heterocycles. The first-order valence-electron chi connectivity index (χ1n) is 19.9. The van der Waals surface area contributed by atoms with Crippen LogP contribution in [-0.4, -0.2) is 157 Å². The van der Waals surface area contributed by atoms with E-state index in [1.54, 1.807) is 36.4 Å². The molecule has 1 fully saturated rings. The first-order valence-corrected chi connectivity index (χ1v) is 19.9. The second-order valence-corrected chi connectivity index (χ2v) is 15.4. The fraction of sp³-hybridized carbons (Fsp3) is 0.500. The Balaban J connectivity index is 1.66. The molecule has 18 heteroatoms. The molecule has 330 valence electrons. The van der Waals surface area contributed by atoms with Gasteiger partial charge in [-0.3, -0.25) is 29.1 Å². The fourth-order valence-corrected chi connectivity index (χ4v) is 6.97. The third-order valence-electron chi connectivity index (χ3n) is 10.6. The maximum atomic E-state index is 12.7. The topological polar surface area (TPSA) is 279 Å². The van der Waals surface area contributed by atoms with Crippen molar-refractivity contribution < 1.29 is 60.3 Å². The van der Waals surface area contributed by atoms with Crippen LogP contribution in [0.2, 0.25) is 0 Å².